The Hall–Kier alpha value is -3.87. The minimum Gasteiger partial charge on any atom is -0.493 e. The number of nitrogens with one attached hydrogen (secondary N) is 2. The van der Waals surface area contributed by atoms with Crippen molar-refractivity contribution >= 4 is 28.2 Å². The molecule has 0 atom stereocenters. The van der Waals surface area contributed by atoms with Gasteiger partial charge in [-0.3, -0.25) is 24.8 Å². The lowest BCUT2D eigenvalue weighted by atomic mass is 10.1. The second-order valence-electron chi connectivity index (χ2n) is 6.51. The van der Waals surface area contributed by atoms with E-state index in [4.69, 9.17) is 4.74 Å². The summed E-state index contributed by atoms with van der Waals surface area (Å²) in [6, 6.07) is 16.7. The van der Waals surface area contributed by atoms with Gasteiger partial charge < -0.3 is 4.74 Å². The van der Waals surface area contributed by atoms with Crippen LogP contribution in [0.3, 0.4) is 0 Å². The Labute approximate surface area is 167 Å². The summed E-state index contributed by atoms with van der Waals surface area (Å²) < 4.78 is 7.31. The van der Waals surface area contributed by atoms with E-state index in [1.54, 1.807) is 23.6 Å². The van der Waals surface area contributed by atoms with Crippen molar-refractivity contribution in [3.63, 3.8) is 0 Å². The highest BCUT2D eigenvalue weighted by Gasteiger charge is 2.19. The number of carbonyl (C=O) groups is 2. The average Bonchev–Trinajstić information content (AvgIpc) is 3.07. The molecule has 0 saturated carbocycles. The van der Waals surface area contributed by atoms with Crippen LogP contribution >= 0.6 is 0 Å². The molecule has 2 amide bonds. The first-order valence-corrected chi connectivity index (χ1v) is 9.28. The van der Waals surface area contributed by atoms with Gasteiger partial charge in [0.2, 0.25) is 0 Å². The number of pyridine rings is 1. The fourth-order valence-corrected chi connectivity index (χ4v) is 3.30. The summed E-state index contributed by atoms with van der Waals surface area (Å²) in [4.78, 5) is 29.8. The van der Waals surface area contributed by atoms with Crippen LogP contribution < -0.4 is 15.6 Å². The molecule has 0 bridgehead atoms. The number of rotatable bonds is 4. The predicted octanol–water partition coefficient (Wildman–Crippen LogP) is 3.27. The third-order valence-corrected chi connectivity index (χ3v) is 4.60. The lowest BCUT2D eigenvalue weighted by Crippen LogP contribution is -2.42. The number of hydrogen-bond acceptors (Lipinski definition) is 4. The van der Waals surface area contributed by atoms with Crippen LogP contribution in [0.5, 0.6) is 5.75 Å². The van der Waals surface area contributed by atoms with Gasteiger partial charge in [-0.2, -0.15) is 0 Å². The molecular weight excluding hydrogens is 368 g/mol. The molecule has 0 spiro atoms. The van der Waals surface area contributed by atoms with E-state index in [2.05, 4.69) is 15.8 Å². The molecule has 0 radical (unpaired) electrons. The molecule has 2 heterocycles. The maximum absolute atomic E-state index is 12.8. The maximum Gasteiger partial charge on any atom is 0.288 e. The highest BCUT2D eigenvalue weighted by Crippen LogP contribution is 2.26. The summed E-state index contributed by atoms with van der Waals surface area (Å²) in [5.74, 6) is -0.448. The van der Waals surface area contributed by atoms with Crippen molar-refractivity contribution in [3.05, 3.63) is 77.7 Å². The smallest absolute Gasteiger partial charge is 0.288 e. The maximum atomic E-state index is 12.8. The van der Waals surface area contributed by atoms with Gasteiger partial charge in [-0.1, -0.05) is 30.3 Å². The fraction of sp³-hybridized carbons (Fsp3) is 0.136. The van der Waals surface area contributed by atoms with E-state index in [0.717, 1.165) is 10.8 Å². The number of nitrogens with zero attached hydrogens (tertiary/aromatic N) is 2. The SMILES string of the molecule is CCOc1cc2ccccc2cc1C(=O)NNC(=O)c1c(C)nc2ccccn12. The van der Waals surface area contributed by atoms with E-state index in [1.165, 1.54) is 0 Å². The van der Waals surface area contributed by atoms with Gasteiger partial charge in [0.15, 0.2) is 0 Å². The topological polar surface area (TPSA) is 84.7 Å². The van der Waals surface area contributed by atoms with Gasteiger partial charge in [0.1, 0.15) is 17.1 Å². The molecule has 0 aliphatic carbocycles. The first kappa shape index (κ1) is 18.5. The number of aryl methyl sites for hydroxylation is 1. The van der Waals surface area contributed by atoms with Gasteiger partial charge >= 0.3 is 0 Å². The molecule has 0 aliphatic heterocycles. The van der Waals surface area contributed by atoms with E-state index in [0.29, 0.717) is 35.0 Å². The number of ether oxygens (including phenoxy) is 1. The molecule has 4 aromatic rings. The Morgan fingerprint density at radius 2 is 1.69 bits per heavy atom. The standard InChI is InChI=1S/C22H20N4O3/c1-3-29-18-13-16-9-5-4-8-15(16)12-17(18)21(27)24-25-22(28)20-14(2)23-19-10-6-7-11-26(19)20/h4-13H,3H2,1-2H3,(H,24,27)(H,25,28). The number of hydrazine groups is 1. The van der Waals surface area contributed by atoms with E-state index >= 15 is 0 Å². The summed E-state index contributed by atoms with van der Waals surface area (Å²) in [7, 11) is 0. The highest BCUT2D eigenvalue weighted by atomic mass is 16.5. The lowest BCUT2D eigenvalue weighted by molar-refractivity contribution is 0.0841. The molecule has 4 rings (SSSR count). The largest absolute Gasteiger partial charge is 0.493 e. The number of carbonyl (C=O) groups excluding carboxylic acids is 2. The summed E-state index contributed by atoms with van der Waals surface area (Å²) in [5, 5.41) is 1.88. The number of amides is 2. The second kappa shape index (κ2) is 7.63. The van der Waals surface area contributed by atoms with Crippen LogP contribution in [-0.2, 0) is 0 Å². The number of imidazole rings is 1. The number of hydrogen-bond donors (Lipinski definition) is 2. The summed E-state index contributed by atoms with van der Waals surface area (Å²) in [5.41, 5.74) is 6.91. The first-order valence-electron chi connectivity index (χ1n) is 9.28. The van der Waals surface area contributed by atoms with E-state index in [1.807, 2.05) is 55.5 Å². The van der Waals surface area contributed by atoms with Crippen molar-refractivity contribution in [1.82, 2.24) is 20.2 Å². The molecule has 29 heavy (non-hydrogen) atoms. The molecular formula is C22H20N4O3. The van der Waals surface area contributed by atoms with E-state index in [-0.39, 0.29) is 0 Å². The Balaban J connectivity index is 1.58. The molecule has 7 nitrogen and oxygen atoms in total. The van der Waals surface area contributed by atoms with Gasteiger partial charge in [-0.25, -0.2) is 4.98 Å². The molecule has 0 aliphatic rings. The van der Waals surface area contributed by atoms with Crippen molar-refractivity contribution in [2.75, 3.05) is 6.61 Å². The van der Waals surface area contributed by atoms with Gasteiger partial charge in [-0.05, 0) is 48.9 Å². The van der Waals surface area contributed by atoms with Crippen LogP contribution in [0, 0.1) is 6.92 Å². The minimum atomic E-state index is -0.459. The molecule has 146 valence electrons. The first-order chi connectivity index (χ1) is 14.1. The Morgan fingerprint density at radius 1 is 1.00 bits per heavy atom. The van der Waals surface area contributed by atoms with Crippen molar-refractivity contribution in [2.45, 2.75) is 13.8 Å². The number of fused-ring (bicyclic) bond motifs is 2. The van der Waals surface area contributed by atoms with Crippen molar-refractivity contribution in [1.29, 1.82) is 0 Å². The molecule has 0 fully saturated rings. The molecule has 2 N–H and O–H groups in total. The van der Waals surface area contributed by atoms with Crippen LogP contribution in [0.25, 0.3) is 16.4 Å². The Morgan fingerprint density at radius 3 is 2.45 bits per heavy atom. The van der Waals surface area contributed by atoms with E-state index < -0.39 is 11.8 Å². The third kappa shape index (κ3) is 3.50. The normalized spacial score (nSPS) is 10.8. The van der Waals surface area contributed by atoms with Crippen LogP contribution in [0.1, 0.15) is 33.5 Å². The van der Waals surface area contributed by atoms with Gasteiger partial charge in [0.25, 0.3) is 11.8 Å². The van der Waals surface area contributed by atoms with Crippen molar-refractivity contribution < 1.29 is 14.3 Å². The molecule has 2 aromatic carbocycles. The Kier molecular flexibility index (Phi) is 4.87. The number of aromatic nitrogens is 2. The van der Waals surface area contributed by atoms with Gasteiger partial charge in [-0.15, -0.1) is 0 Å². The zero-order valence-electron chi connectivity index (χ0n) is 16.1. The summed E-state index contributed by atoms with van der Waals surface area (Å²) in [6.07, 6.45) is 1.75. The van der Waals surface area contributed by atoms with Gasteiger partial charge in [0.05, 0.1) is 17.9 Å². The molecule has 0 saturated heterocycles. The number of benzene rings is 2. The highest BCUT2D eigenvalue weighted by molar-refractivity contribution is 6.03. The van der Waals surface area contributed by atoms with Crippen LogP contribution in [0.2, 0.25) is 0 Å². The average molecular weight is 388 g/mol. The van der Waals surface area contributed by atoms with Crippen LogP contribution in [0.15, 0.2) is 60.8 Å². The third-order valence-electron chi connectivity index (χ3n) is 4.60. The van der Waals surface area contributed by atoms with Crippen LogP contribution in [-0.4, -0.2) is 27.8 Å². The minimum absolute atomic E-state index is 0.348. The zero-order valence-corrected chi connectivity index (χ0v) is 16.1. The second-order valence-corrected chi connectivity index (χ2v) is 6.51. The summed E-state index contributed by atoms with van der Waals surface area (Å²) in [6.45, 7) is 4.03. The molecule has 0 unspecified atom stereocenters. The quantitative estimate of drug-likeness (QED) is 0.526. The predicted molar refractivity (Wildman–Crippen MR) is 110 cm³/mol. The van der Waals surface area contributed by atoms with E-state index in [9.17, 15) is 9.59 Å². The van der Waals surface area contributed by atoms with Crippen LogP contribution in [0.4, 0.5) is 0 Å². The molecule has 2 aromatic heterocycles. The lowest BCUT2D eigenvalue weighted by Gasteiger charge is -2.13. The summed E-state index contributed by atoms with van der Waals surface area (Å²) >= 11 is 0. The molecule has 7 heteroatoms. The fourth-order valence-electron chi connectivity index (χ4n) is 3.30. The van der Waals surface area contributed by atoms with Crippen molar-refractivity contribution in [2.24, 2.45) is 0 Å². The monoisotopic (exact) mass is 388 g/mol. The zero-order chi connectivity index (χ0) is 20.4. The van der Waals surface area contributed by atoms with Crippen molar-refractivity contribution in [3.8, 4) is 5.75 Å². The Bertz CT molecular complexity index is 1230. The van der Waals surface area contributed by atoms with Gasteiger partial charge in [0, 0.05) is 6.20 Å².